The molecule has 0 fully saturated rings. The van der Waals surface area contributed by atoms with Gasteiger partial charge in [-0.25, -0.2) is 0 Å². The minimum absolute atomic E-state index is 0.334. The van der Waals surface area contributed by atoms with Crippen molar-refractivity contribution < 1.29 is 0 Å². The first-order chi connectivity index (χ1) is 9.81. The minimum atomic E-state index is 0.334. The van der Waals surface area contributed by atoms with Gasteiger partial charge >= 0.3 is 0 Å². The fourth-order valence-electron chi connectivity index (χ4n) is 3.99. The van der Waals surface area contributed by atoms with E-state index in [2.05, 4.69) is 48.5 Å². The smallest absolute Gasteiger partial charge is 0.00794 e. The van der Waals surface area contributed by atoms with Crippen LogP contribution in [0.5, 0.6) is 0 Å². The highest BCUT2D eigenvalue weighted by molar-refractivity contribution is 5.40. The molecular weight excluding hydrogens is 242 g/mol. The molecule has 0 radical (unpaired) electrons. The van der Waals surface area contributed by atoms with Gasteiger partial charge in [0, 0.05) is 6.04 Å². The summed E-state index contributed by atoms with van der Waals surface area (Å²) in [7, 11) is 0. The quantitative estimate of drug-likeness (QED) is 0.901. The van der Waals surface area contributed by atoms with Gasteiger partial charge in [0.25, 0.3) is 0 Å². The molecule has 4 rings (SSSR count). The molecule has 2 atom stereocenters. The third-order valence-corrected chi connectivity index (χ3v) is 5.21. The van der Waals surface area contributed by atoms with Gasteiger partial charge in [0.15, 0.2) is 0 Å². The van der Waals surface area contributed by atoms with Crippen LogP contribution in [0.4, 0.5) is 0 Å². The summed E-state index contributed by atoms with van der Waals surface area (Å²) in [5.41, 5.74) is 12.6. The second-order valence-corrected chi connectivity index (χ2v) is 6.44. The van der Waals surface area contributed by atoms with E-state index in [-0.39, 0.29) is 0 Å². The molecule has 0 saturated heterocycles. The molecule has 0 saturated carbocycles. The Morgan fingerprint density at radius 2 is 1.45 bits per heavy atom. The van der Waals surface area contributed by atoms with E-state index in [0.717, 1.165) is 6.42 Å². The number of benzene rings is 2. The Morgan fingerprint density at radius 3 is 2.10 bits per heavy atom. The molecule has 2 unspecified atom stereocenters. The lowest BCUT2D eigenvalue weighted by Crippen LogP contribution is -2.34. The van der Waals surface area contributed by atoms with Gasteiger partial charge in [0.1, 0.15) is 0 Å². The first-order valence-electron chi connectivity index (χ1n) is 7.71. The molecular formula is C19H21N. The van der Waals surface area contributed by atoms with E-state index in [1.165, 1.54) is 36.0 Å². The average molecular weight is 263 g/mol. The monoisotopic (exact) mass is 263 g/mol. The summed E-state index contributed by atoms with van der Waals surface area (Å²) in [6, 6.07) is 18.0. The van der Waals surface area contributed by atoms with E-state index in [0.29, 0.717) is 17.9 Å². The fraction of sp³-hybridized carbons (Fsp3) is 0.368. The summed E-state index contributed by atoms with van der Waals surface area (Å²) in [5.74, 6) is 1.34. The SMILES string of the molecule is NC(CC1Cc2ccccc21)C1Cc2ccccc2C1. The first-order valence-corrected chi connectivity index (χ1v) is 7.71. The van der Waals surface area contributed by atoms with Crippen molar-refractivity contribution in [1.82, 2.24) is 0 Å². The van der Waals surface area contributed by atoms with Crippen molar-refractivity contribution in [1.29, 1.82) is 0 Å². The van der Waals surface area contributed by atoms with Crippen LogP contribution in [0.3, 0.4) is 0 Å². The molecule has 2 aliphatic carbocycles. The summed E-state index contributed by atoms with van der Waals surface area (Å²) in [4.78, 5) is 0. The van der Waals surface area contributed by atoms with Crippen molar-refractivity contribution >= 4 is 0 Å². The molecule has 102 valence electrons. The lowest BCUT2D eigenvalue weighted by molar-refractivity contribution is 0.374. The van der Waals surface area contributed by atoms with Crippen LogP contribution in [0.2, 0.25) is 0 Å². The van der Waals surface area contributed by atoms with E-state index in [1.54, 1.807) is 5.56 Å². The topological polar surface area (TPSA) is 26.0 Å². The van der Waals surface area contributed by atoms with Crippen molar-refractivity contribution in [2.75, 3.05) is 0 Å². The molecule has 1 heteroatoms. The van der Waals surface area contributed by atoms with Gasteiger partial charge in [-0.15, -0.1) is 0 Å². The second-order valence-electron chi connectivity index (χ2n) is 6.44. The van der Waals surface area contributed by atoms with Crippen LogP contribution in [-0.2, 0) is 19.3 Å². The summed E-state index contributed by atoms with van der Waals surface area (Å²) < 4.78 is 0. The maximum absolute atomic E-state index is 6.53. The molecule has 0 bridgehead atoms. The third-order valence-electron chi connectivity index (χ3n) is 5.21. The molecule has 0 aromatic heterocycles. The van der Waals surface area contributed by atoms with Crippen molar-refractivity contribution in [3.05, 3.63) is 70.8 Å². The Hall–Kier alpha value is -1.60. The van der Waals surface area contributed by atoms with Crippen molar-refractivity contribution in [2.24, 2.45) is 11.7 Å². The van der Waals surface area contributed by atoms with Gasteiger partial charge in [0.05, 0.1) is 0 Å². The Balaban J connectivity index is 1.42. The van der Waals surface area contributed by atoms with Crippen molar-refractivity contribution in [3.8, 4) is 0 Å². The van der Waals surface area contributed by atoms with Crippen LogP contribution >= 0.6 is 0 Å². The Bertz CT molecular complexity index is 606. The second kappa shape index (κ2) is 4.75. The summed E-state index contributed by atoms with van der Waals surface area (Å²) in [6.45, 7) is 0. The molecule has 0 amide bonds. The van der Waals surface area contributed by atoms with Crippen LogP contribution in [0.25, 0.3) is 0 Å². The van der Waals surface area contributed by atoms with Gasteiger partial charge in [-0.3, -0.25) is 0 Å². The number of hydrogen-bond donors (Lipinski definition) is 1. The van der Waals surface area contributed by atoms with Gasteiger partial charge in [-0.05, 0) is 59.8 Å². The highest BCUT2D eigenvalue weighted by Crippen LogP contribution is 2.40. The normalized spacial score (nSPS) is 21.9. The zero-order valence-electron chi connectivity index (χ0n) is 11.8. The van der Waals surface area contributed by atoms with Crippen LogP contribution in [0.15, 0.2) is 48.5 Å². The number of nitrogens with two attached hydrogens (primary N) is 1. The first kappa shape index (κ1) is 12.2. The van der Waals surface area contributed by atoms with Gasteiger partial charge in [-0.1, -0.05) is 48.5 Å². The average Bonchev–Trinajstić information content (AvgIpc) is 2.88. The van der Waals surface area contributed by atoms with Crippen molar-refractivity contribution in [2.45, 2.75) is 37.6 Å². The van der Waals surface area contributed by atoms with E-state index in [9.17, 15) is 0 Å². The summed E-state index contributed by atoms with van der Waals surface area (Å²) >= 11 is 0. The third kappa shape index (κ3) is 1.97. The Kier molecular flexibility index (Phi) is 2.89. The highest BCUT2D eigenvalue weighted by Gasteiger charge is 2.32. The molecule has 2 aromatic carbocycles. The molecule has 20 heavy (non-hydrogen) atoms. The molecule has 2 aliphatic rings. The van der Waals surface area contributed by atoms with E-state index < -0.39 is 0 Å². The summed E-state index contributed by atoms with van der Waals surface area (Å²) in [5, 5.41) is 0. The zero-order valence-corrected chi connectivity index (χ0v) is 11.8. The summed E-state index contributed by atoms with van der Waals surface area (Å²) in [6.07, 6.45) is 4.72. The van der Waals surface area contributed by atoms with Crippen LogP contribution in [-0.4, -0.2) is 6.04 Å². The molecule has 2 N–H and O–H groups in total. The predicted molar refractivity (Wildman–Crippen MR) is 82.8 cm³/mol. The lowest BCUT2D eigenvalue weighted by atomic mass is 9.73. The Labute approximate surface area is 120 Å². The van der Waals surface area contributed by atoms with Gasteiger partial charge in [0.2, 0.25) is 0 Å². The molecule has 0 spiro atoms. The maximum Gasteiger partial charge on any atom is 0.00794 e. The van der Waals surface area contributed by atoms with Crippen LogP contribution in [0.1, 0.15) is 34.6 Å². The van der Waals surface area contributed by atoms with E-state index in [1.807, 2.05) is 0 Å². The number of hydrogen-bond acceptors (Lipinski definition) is 1. The zero-order chi connectivity index (χ0) is 13.5. The lowest BCUT2D eigenvalue weighted by Gasteiger charge is -2.33. The van der Waals surface area contributed by atoms with Gasteiger partial charge in [-0.2, -0.15) is 0 Å². The Morgan fingerprint density at radius 1 is 0.850 bits per heavy atom. The molecule has 1 nitrogen and oxygen atoms in total. The molecule has 0 heterocycles. The fourth-order valence-corrected chi connectivity index (χ4v) is 3.99. The van der Waals surface area contributed by atoms with Crippen molar-refractivity contribution in [3.63, 3.8) is 0 Å². The van der Waals surface area contributed by atoms with E-state index in [4.69, 9.17) is 5.73 Å². The molecule has 2 aromatic rings. The maximum atomic E-state index is 6.53. The van der Waals surface area contributed by atoms with Gasteiger partial charge < -0.3 is 5.73 Å². The van der Waals surface area contributed by atoms with Crippen LogP contribution < -0.4 is 5.73 Å². The number of fused-ring (bicyclic) bond motifs is 2. The predicted octanol–water partition coefficient (Wildman–Crippen LogP) is 3.46. The number of rotatable bonds is 3. The van der Waals surface area contributed by atoms with Crippen LogP contribution in [0, 0.1) is 5.92 Å². The standard InChI is InChI=1S/C19H21N/c20-19(12-16-11-15-7-3-4-8-18(15)16)17-9-13-5-1-2-6-14(13)10-17/h1-8,16-17,19H,9-12,20H2. The largest absolute Gasteiger partial charge is 0.327 e. The highest BCUT2D eigenvalue weighted by atomic mass is 14.7. The molecule has 0 aliphatic heterocycles. The minimum Gasteiger partial charge on any atom is -0.327 e. The van der Waals surface area contributed by atoms with E-state index >= 15 is 0 Å².